The number of nitrogens with zero attached hydrogens (tertiary/aromatic N) is 2. The fourth-order valence-corrected chi connectivity index (χ4v) is 5.33. The highest BCUT2D eigenvalue weighted by molar-refractivity contribution is 6.12. The number of anilines is 2. The summed E-state index contributed by atoms with van der Waals surface area (Å²) in [4.78, 5) is 33.1. The third kappa shape index (κ3) is 8.44. The van der Waals surface area contributed by atoms with Gasteiger partial charge < -0.3 is 28.8 Å². The van der Waals surface area contributed by atoms with Crippen molar-refractivity contribution < 1.29 is 28.2 Å². The minimum Gasteiger partial charge on any atom is -0.492 e. The van der Waals surface area contributed by atoms with Gasteiger partial charge in [-0.25, -0.2) is 4.79 Å². The van der Waals surface area contributed by atoms with Crippen molar-refractivity contribution in [2.75, 3.05) is 37.5 Å². The molecule has 6 aromatic rings. The molecule has 248 valence electrons. The molecule has 0 aliphatic heterocycles. The fraction of sp³-hybridized carbons (Fsp3) is 0.175. The number of likely N-dealkylation sites (N-methyl/N-ethyl adjacent to an activating group) is 1. The topological polar surface area (TPSA) is 103 Å². The van der Waals surface area contributed by atoms with E-state index in [1.165, 1.54) is 7.11 Å². The molecular formula is C40H37N3O6. The summed E-state index contributed by atoms with van der Waals surface area (Å²) in [5.74, 6) is 0.653. The van der Waals surface area contributed by atoms with Crippen LogP contribution < -0.4 is 19.7 Å². The lowest BCUT2D eigenvalue weighted by atomic mass is 10.00. The summed E-state index contributed by atoms with van der Waals surface area (Å²) in [5.41, 5.74) is 4.92. The van der Waals surface area contributed by atoms with Crippen molar-refractivity contribution in [1.82, 2.24) is 4.98 Å². The Bertz CT molecular complexity index is 1980. The number of para-hydroxylation sites is 3. The molecule has 0 fully saturated rings. The number of benzene rings is 5. The number of nitrogens with one attached hydrogen (secondary N) is 1. The fourth-order valence-electron chi connectivity index (χ4n) is 5.33. The number of esters is 1. The normalized spacial score (nSPS) is 11.5. The highest BCUT2D eigenvalue weighted by atomic mass is 16.5. The Labute approximate surface area is 285 Å². The number of ether oxygens (including phenoxy) is 3. The predicted molar refractivity (Wildman–Crippen MR) is 189 cm³/mol. The molecule has 1 N–H and O–H groups in total. The van der Waals surface area contributed by atoms with Gasteiger partial charge >= 0.3 is 5.97 Å². The van der Waals surface area contributed by atoms with Gasteiger partial charge in [0.15, 0.2) is 11.4 Å². The van der Waals surface area contributed by atoms with E-state index in [1.54, 1.807) is 36.4 Å². The van der Waals surface area contributed by atoms with Gasteiger partial charge in [0.1, 0.15) is 36.3 Å². The molecular weight excluding hydrogens is 618 g/mol. The van der Waals surface area contributed by atoms with Crippen LogP contribution in [0.4, 0.5) is 11.7 Å². The first-order valence-electron chi connectivity index (χ1n) is 16.0. The third-order valence-corrected chi connectivity index (χ3v) is 8.00. The van der Waals surface area contributed by atoms with Gasteiger partial charge in [-0.1, -0.05) is 78.9 Å². The van der Waals surface area contributed by atoms with Crippen LogP contribution in [0.5, 0.6) is 11.5 Å². The predicted octanol–water partition coefficient (Wildman–Crippen LogP) is 7.35. The molecule has 0 saturated heterocycles. The van der Waals surface area contributed by atoms with Crippen molar-refractivity contribution >= 4 is 34.6 Å². The maximum Gasteiger partial charge on any atom is 0.328 e. The second kappa shape index (κ2) is 15.7. The molecule has 0 aliphatic rings. The van der Waals surface area contributed by atoms with Crippen LogP contribution in [0.15, 0.2) is 132 Å². The third-order valence-electron chi connectivity index (χ3n) is 8.00. The van der Waals surface area contributed by atoms with E-state index in [9.17, 15) is 9.59 Å². The Kier molecular flexibility index (Phi) is 10.5. The molecule has 9 nitrogen and oxygen atoms in total. The SMILES string of the molecule is COC(=O)C(Cc1ccc(OCCN(C)c2nc3ccccc3o2)cc1)Nc1ccccc1C(=O)c1cccc(OCc2ccccc2)c1. The lowest BCUT2D eigenvalue weighted by Gasteiger charge is -2.20. The van der Waals surface area contributed by atoms with E-state index >= 15 is 0 Å². The first-order chi connectivity index (χ1) is 24.0. The molecule has 1 atom stereocenters. The summed E-state index contributed by atoms with van der Waals surface area (Å²) in [6.07, 6.45) is 0.332. The molecule has 9 heteroatoms. The van der Waals surface area contributed by atoms with Crippen LogP contribution in [-0.4, -0.2) is 50.1 Å². The number of ketones is 1. The van der Waals surface area contributed by atoms with Crippen molar-refractivity contribution in [1.29, 1.82) is 0 Å². The zero-order valence-electron chi connectivity index (χ0n) is 27.4. The molecule has 1 aromatic heterocycles. The Balaban J connectivity index is 1.07. The number of rotatable bonds is 15. The average Bonchev–Trinajstić information content (AvgIpc) is 3.59. The van der Waals surface area contributed by atoms with Gasteiger partial charge in [0.05, 0.1) is 13.7 Å². The zero-order chi connectivity index (χ0) is 34.0. The zero-order valence-corrected chi connectivity index (χ0v) is 27.4. The molecule has 0 spiro atoms. The Hall–Kier alpha value is -6.09. The number of hydrogen-bond acceptors (Lipinski definition) is 9. The van der Waals surface area contributed by atoms with Crippen molar-refractivity contribution in [3.63, 3.8) is 0 Å². The van der Waals surface area contributed by atoms with Crippen LogP contribution in [0.25, 0.3) is 11.1 Å². The molecule has 0 radical (unpaired) electrons. The number of methoxy groups -OCH3 is 1. The summed E-state index contributed by atoms with van der Waals surface area (Å²) in [6, 6.07) is 39.1. The van der Waals surface area contributed by atoms with Gasteiger partial charge in [-0.15, -0.1) is 0 Å². The lowest BCUT2D eigenvalue weighted by molar-refractivity contribution is -0.141. The lowest BCUT2D eigenvalue weighted by Crippen LogP contribution is -2.33. The molecule has 5 aromatic carbocycles. The number of oxazole rings is 1. The van der Waals surface area contributed by atoms with Crippen molar-refractivity contribution in [3.8, 4) is 11.5 Å². The monoisotopic (exact) mass is 655 g/mol. The van der Waals surface area contributed by atoms with Crippen molar-refractivity contribution in [2.24, 2.45) is 0 Å². The Morgan fingerprint density at radius 2 is 1.55 bits per heavy atom. The van der Waals surface area contributed by atoms with E-state index < -0.39 is 12.0 Å². The number of hydrogen-bond donors (Lipinski definition) is 1. The van der Waals surface area contributed by atoms with Gasteiger partial charge in [-0.3, -0.25) is 4.79 Å². The van der Waals surface area contributed by atoms with Crippen LogP contribution in [0.3, 0.4) is 0 Å². The maximum absolute atomic E-state index is 13.7. The highest BCUT2D eigenvalue weighted by Gasteiger charge is 2.23. The highest BCUT2D eigenvalue weighted by Crippen LogP contribution is 2.25. The Morgan fingerprint density at radius 1 is 0.796 bits per heavy atom. The molecule has 1 unspecified atom stereocenters. The quantitative estimate of drug-likeness (QED) is 0.0899. The molecule has 49 heavy (non-hydrogen) atoms. The average molecular weight is 656 g/mol. The number of fused-ring (bicyclic) bond motifs is 1. The number of aromatic nitrogens is 1. The first kappa shape index (κ1) is 32.8. The van der Waals surface area contributed by atoms with E-state index in [2.05, 4.69) is 10.3 Å². The van der Waals surface area contributed by atoms with E-state index in [1.807, 2.05) is 103 Å². The summed E-state index contributed by atoms with van der Waals surface area (Å²) in [7, 11) is 3.26. The molecule has 0 bridgehead atoms. The summed E-state index contributed by atoms with van der Waals surface area (Å²) in [5, 5.41) is 3.27. The standard InChI is InChI=1S/C40H37N3O6/c1-43(40-42-35-17-8-9-18-37(35)49-40)23-24-47-31-21-19-28(20-22-31)25-36(39(45)46-2)41-34-16-7-6-15-33(34)38(44)30-13-10-14-32(26-30)48-27-29-11-4-3-5-12-29/h3-22,26,36,41H,23-25,27H2,1-2H3. The van der Waals surface area contributed by atoms with Crippen LogP contribution in [0.2, 0.25) is 0 Å². The van der Waals surface area contributed by atoms with Gasteiger partial charge in [0, 0.05) is 30.3 Å². The smallest absolute Gasteiger partial charge is 0.328 e. The van der Waals surface area contributed by atoms with Crippen LogP contribution in [-0.2, 0) is 22.6 Å². The number of carbonyl (C=O) groups excluding carboxylic acids is 2. The first-order valence-corrected chi connectivity index (χ1v) is 16.0. The second-order valence-electron chi connectivity index (χ2n) is 11.5. The molecule has 0 saturated carbocycles. The van der Waals surface area contributed by atoms with Crippen molar-refractivity contribution in [2.45, 2.75) is 19.1 Å². The molecule has 0 amide bonds. The van der Waals surface area contributed by atoms with E-state index in [-0.39, 0.29) is 5.78 Å². The van der Waals surface area contributed by atoms with E-state index in [4.69, 9.17) is 18.6 Å². The molecule has 0 aliphatic carbocycles. The van der Waals surface area contributed by atoms with Gasteiger partial charge in [-0.05, 0) is 59.7 Å². The summed E-state index contributed by atoms with van der Waals surface area (Å²) in [6.45, 7) is 1.39. The van der Waals surface area contributed by atoms with E-state index in [0.717, 1.165) is 22.2 Å². The Morgan fingerprint density at radius 3 is 2.35 bits per heavy atom. The van der Waals surface area contributed by atoms with Gasteiger partial charge in [0.25, 0.3) is 6.01 Å². The van der Waals surface area contributed by atoms with Gasteiger partial charge in [0.2, 0.25) is 0 Å². The largest absolute Gasteiger partial charge is 0.492 e. The maximum atomic E-state index is 13.7. The number of carbonyl (C=O) groups is 2. The van der Waals surface area contributed by atoms with Gasteiger partial charge in [-0.2, -0.15) is 4.98 Å². The minimum absolute atomic E-state index is 0.194. The van der Waals surface area contributed by atoms with E-state index in [0.29, 0.717) is 60.5 Å². The molecule has 6 rings (SSSR count). The van der Waals surface area contributed by atoms with Crippen LogP contribution in [0.1, 0.15) is 27.0 Å². The van der Waals surface area contributed by atoms with Crippen LogP contribution in [0, 0.1) is 0 Å². The second-order valence-corrected chi connectivity index (χ2v) is 11.5. The summed E-state index contributed by atoms with van der Waals surface area (Å²) >= 11 is 0. The van der Waals surface area contributed by atoms with Crippen molar-refractivity contribution in [3.05, 3.63) is 150 Å². The molecule has 1 heterocycles. The van der Waals surface area contributed by atoms with Crippen LogP contribution >= 0.6 is 0 Å². The minimum atomic E-state index is -0.740. The summed E-state index contributed by atoms with van der Waals surface area (Å²) < 4.78 is 22.9.